The zero-order valence-corrected chi connectivity index (χ0v) is 11.6. The number of hydrogen-bond acceptors (Lipinski definition) is 3. The van der Waals surface area contributed by atoms with Gasteiger partial charge in [0, 0.05) is 12.7 Å². The predicted octanol–water partition coefficient (Wildman–Crippen LogP) is 1.15. The minimum Gasteiger partial charge on any atom is -0.382 e. The van der Waals surface area contributed by atoms with Crippen LogP contribution in [-0.4, -0.2) is 31.7 Å². The molecule has 0 atom stereocenters. The highest BCUT2D eigenvalue weighted by Crippen LogP contribution is 2.10. The Balaban J connectivity index is 2.94. The molecule has 0 aromatic heterocycles. The van der Waals surface area contributed by atoms with Gasteiger partial charge in [-0.15, -0.1) is 0 Å². The van der Waals surface area contributed by atoms with Crippen molar-refractivity contribution in [2.75, 3.05) is 20.3 Å². The Morgan fingerprint density at radius 3 is 2.74 bits per heavy atom. The SMILES string of the molecule is COCC(C)(C)NC(=O)c1ccccc1C#CCN. The quantitative estimate of drug-likeness (QED) is 0.798. The summed E-state index contributed by atoms with van der Waals surface area (Å²) < 4.78 is 5.08. The van der Waals surface area contributed by atoms with E-state index in [0.29, 0.717) is 17.7 Å². The minimum absolute atomic E-state index is 0.163. The monoisotopic (exact) mass is 260 g/mol. The first kappa shape index (κ1) is 15.2. The Kier molecular flexibility index (Phi) is 5.56. The summed E-state index contributed by atoms with van der Waals surface area (Å²) in [6, 6.07) is 7.21. The van der Waals surface area contributed by atoms with Crippen LogP contribution in [0.4, 0.5) is 0 Å². The molecule has 0 aliphatic carbocycles. The molecule has 0 saturated carbocycles. The maximum Gasteiger partial charge on any atom is 0.253 e. The number of carbonyl (C=O) groups is 1. The average molecular weight is 260 g/mol. The van der Waals surface area contributed by atoms with Gasteiger partial charge < -0.3 is 15.8 Å². The van der Waals surface area contributed by atoms with E-state index in [1.54, 1.807) is 19.2 Å². The number of benzene rings is 1. The molecule has 0 radical (unpaired) electrons. The summed E-state index contributed by atoms with van der Waals surface area (Å²) >= 11 is 0. The highest BCUT2D eigenvalue weighted by molar-refractivity contribution is 5.97. The smallest absolute Gasteiger partial charge is 0.253 e. The lowest BCUT2D eigenvalue weighted by Gasteiger charge is -2.25. The summed E-state index contributed by atoms with van der Waals surface area (Å²) in [6.07, 6.45) is 0. The van der Waals surface area contributed by atoms with Crippen molar-refractivity contribution in [3.05, 3.63) is 35.4 Å². The molecular formula is C15H20N2O2. The summed E-state index contributed by atoms with van der Waals surface area (Å²) in [5, 5.41) is 2.93. The first-order chi connectivity index (χ1) is 9.00. The molecule has 1 amide bonds. The first-order valence-electron chi connectivity index (χ1n) is 6.09. The summed E-state index contributed by atoms with van der Waals surface area (Å²) in [7, 11) is 1.61. The molecule has 1 rings (SSSR count). The molecule has 0 unspecified atom stereocenters. The van der Waals surface area contributed by atoms with E-state index < -0.39 is 5.54 Å². The van der Waals surface area contributed by atoms with Crippen LogP contribution in [-0.2, 0) is 4.74 Å². The van der Waals surface area contributed by atoms with Crippen LogP contribution in [0.5, 0.6) is 0 Å². The van der Waals surface area contributed by atoms with E-state index >= 15 is 0 Å². The molecule has 4 heteroatoms. The van der Waals surface area contributed by atoms with Crippen LogP contribution in [0.25, 0.3) is 0 Å². The van der Waals surface area contributed by atoms with Gasteiger partial charge >= 0.3 is 0 Å². The second-order valence-corrected chi connectivity index (χ2v) is 4.82. The fourth-order valence-electron chi connectivity index (χ4n) is 1.71. The Morgan fingerprint density at radius 1 is 1.42 bits per heavy atom. The number of nitrogens with one attached hydrogen (secondary N) is 1. The molecule has 0 aliphatic rings. The molecule has 0 fully saturated rings. The molecule has 1 aromatic rings. The predicted molar refractivity (Wildman–Crippen MR) is 75.8 cm³/mol. The topological polar surface area (TPSA) is 64.3 Å². The van der Waals surface area contributed by atoms with Crippen molar-refractivity contribution >= 4 is 5.91 Å². The summed E-state index contributed by atoms with van der Waals surface area (Å²) in [5.41, 5.74) is 6.15. The summed E-state index contributed by atoms with van der Waals surface area (Å²) in [4.78, 5) is 12.3. The largest absolute Gasteiger partial charge is 0.382 e. The van der Waals surface area contributed by atoms with E-state index in [1.807, 2.05) is 26.0 Å². The third kappa shape index (κ3) is 4.74. The van der Waals surface area contributed by atoms with Gasteiger partial charge in [-0.1, -0.05) is 24.0 Å². The van der Waals surface area contributed by atoms with Gasteiger partial charge in [-0.05, 0) is 26.0 Å². The molecule has 0 aliphatic heterocycles. The van der Waals surface area contributed by atoms with E-state index in [2.05, 4.69) is 17.2 Å². The van der Waals surface area contributed by atoms with Gasteiger partial charge in [-0.25, -0.2) is 0 Å². The van der Waals surface area contributed by atoms with E-state index in [-0.39, 0.29) is 12.5 Å². The highest BCUT2D eigenvalue weighted by Gasteiger charge is 2.21. The van der Waals surface area contributed by atoms with Gasteiger partial charge in [0.15, 0.2) is 0 Å². The first-order valence-corrected chi connectivity index (χ1v) is 6.09. The van der Waals surface area contributed by atoms with Crippen LogP contribution in [0, 0.1) is 11.8 Å². The number of methoxy groups -OCH3 is 1. The number of hydrogen-bond donors (Lipinski definition) is 2. The number of ether oxygens (including phenoxy) is 1. The molecule has 0 spiro atoms. The molecule has 1 aromatic carbocycles. The van der Waals surface area contributed by atoms with Crippen molar-refractivity contribution in [3.63, 3.8) is 0 Å². The maximum atomic E-state index is 12.3. The zero-order chi connectivity index (χ0) is 14.3. The average Bonchev–Trinajstić information content (AvgIpc) is 2.36. The summed E-state index contributed by atoms with van der Waals surface area (Å²) in [6.45, 7) is 4.52. The molecule has 19 heavy (non-hydrogen) atoms. The zero-order valence-electron chi connectivity index (χ0n) is 11.6. The Morgan fingerprint density at radius 2 is 2.11 bits per heavy atom. The molecule has 0 saturated heterocycles. The lowest BCUT2D eigenvalue weighted by Crippen LogP contribution is -2.46. The number of amides is 1. The van der Waals surface area contributed by atoms with Crippen molar-refractivity contribution in [1.29, 1.82) is 0 Å². The van der Waals surface area contributed by atoms with Gasteiger partial charge in [0.2, 0.25) is 0 Å². The van der Waals surface area contributed by atoms with E-state index in [9.17, 15) is 4.79 Å². The van der Waals surface area contributed by atoms with Crippen molar-refractivity contribution < 1.29 is 9.53 Å². The van der Waals surface area contributed by atoms with Gasteiger partial charge in [-0.3, -0.25) is 4.79 Å². The second-order valence-electron chi connectivity index (χ2n) is 4.82. The van der Waals surface area contributed by atoms with Crippen LogP contribution >= 0.6 is 0 Å². The number of nitrogens with two attached hydrogens (primary N) is 1. The van der Waals surface area contributed by atoms with E-state index in [1.165, 1.54) is 0 Å². The molecule has 0 heterocycles. The van der Waals surface area contributed by atoms with Crippen LogP contribution in [0.15, 0.2) is 24.3 Å². The van der Waals surface area contributed by atoms with E-state index in [4.69, 9.17) is 10.5 Å². The fourth-order valence-corrected chi connectivity index (χ4v) is 1.71. The summed E-state index contributed by atoms with van der Waals surface area (Å²) in [5.74, 6) is 5.50. The Bertz CT molecular complexity index is 498. The fraction of sp³-hybridized carbons (Fsp3) is 0.400. The third-order valence-corrected chi connectivity index (χ3v) is 2.45. The minimum atomic E-state index is -0.430. The molecule has 0 bridgehead atoms. The standard InChI is InChI=1S/C15H20N2O2/c1-15(2,11-19-3)17-14(18)13-9-5-4-7-12(13)8-6-10-16/h4-5,7,9H,10-11,16H2,1-3H3,(H,17,18). The number of carbonyl (C=O) groups excluding carboxylic acids is 1. The Hall–Kier alpha value is -1.83. The maximum absolute atomic E-state index is 12.3. The van der Waals surface area contributed by atoms with Crippen molar-refractivity contribution in [2.24, 2.45) is 5.73 Å². The molecular weight excluding hydrogens is 240 g/mol. The van der Waals surface area contributed by atoms with Crippen molar-refractivity contribution in [1.82, 2.24) is 5.32 Å². The van der Waals surface area contributed by atoms with Gasteiger partial charge in [0.05, 0.1) is 24.3 Å². The third-order valence-electron chi connectivity index (χ3n) is 2.45. The van der Waals surface area contributed by atoms with Gasteiger partial charge in [0.1, 0.15) is 0 Å². The van der Waals surface area contributed by atoms with Crippen LogP contribution in [0.1, 0.15) is 29.8 Å². The van der Waals surface area contributed by atoms with Gasteiger partial charge in [-0.2, -0.15) is 0 Å². The van der Waals surface area contributed by atoms with Crippen molar-refractivity contribution in [3.8, 4) is 11.8 Å². The lowest BCUT2D eigenvalue weighted by molar-refractivity contribution is 0.0820. The molecule has 3 N–H and O–H groups in total. The molecule has 102 valence electrons. The molecule has 4 nitrogen and oxygen atoms in total. The van der Waals surface area contributed by atoms with E-state index in [0.717, 1.165) is 0 Å². The van der Waals surface area contributed by atoms with Gasteiger partial charge in [0.25, 0.3) is 5.91 Å². The van der Waals surface area contributed by atoms with Crippen LogP contribution < -0.4 is 11.1 Å². The normalized spacial score (nSPS) is 10.5. The lowest BCUT2D eigenvalue weighted by atomic mass is 10.0. The van der Waals surface area contributed by atoms with Crippen LogP contribution in [0.3, 0.4) is 0 Å². The highest BCUT2D eigenvalue weighted by atomic mass is 16.5. The van der Waals surface area contributed by atoms with Crippen LogP contribution in [0.2, 0.25) is 0 Å². The number of rotatable bonds is 4. The van der Waals surface area contributed by atoms with Crippen molar-refractivity contribution in [2.45, 2.75) is 19.4 Å². The second kappa shape index (κ2) is 6.93. The Labute approximate surface area is 114 Å².